The standard InChI is InChI=1S/C12H9NS2/c1-7-13-10-6-11(14)8-4-2-3-5-9(8)12(10)15-7/h2-6,14H,1H3/p+1. The maximum Gasteiger partial charge on any atom is 0.233 e. The van der Waals surface area contributed by atoms with Crippen molar-refractivity contribution in [2.45, 2.75) is 11.8 Å². The molecule has 1 nitrogen and oxygen atoms in total. The first-order chi connectivity index (χ1) is 7.25. The fourth-order valence-electron chi connectivity index (χ4n) is 1.90. The second-order valence-electron chi connectivity index (χ2n) is 3.60. The highest BCUT2D eigenvalue weighted by Gasteiger charge is 2.12. The van der Waals surface area contributed by atoms with Gasteiger partial charge in [0.15, 0.2) is 0 Å². The molecule has 0 aliphatic carbocycles. The predicted molar refractivity (Wildman–Crippen MR) is 67.9 cm³/mol. The molecule has 0 atom stereocenters. The van der Waals surface area contributed by atoms with Crippen LogP contribution in [0, 0.1) is 6.92 Å². The van der Waals surface area contributed by atoms with Crippen molar-refractivity contribution in [1.29, 1.82) is 0 Å². The SMILES string of the molecule is Cc1[nH+]c2cc(S)c3ccccc3c2s1. The van der Waals surface area contributed by atoms with E-state index in [9.17, 15) is 0 Å². The van der Waals surface area contributed by atoms with Crippen LogP contribution in [0.5, 0.6) is 0 Å². The summed E-state index contributed by atoms with van der Waals surface area (Å²) in [5, 5.41) is 3.74. The minimum absolute atomic E-state index is 1.03. The zero-order valence-corrected chi connectivity index (χ0v) is 9.95. The number of aromatic nitrogens is 1. The van der Waals surface area contributed by atoms with E-state index in [1.54, 1.807) is 11.3 Å². The molecule has 0 radical (unpaired) electrons. The monoisotopic (exact) mass is 232 g/mol. The van der Waals surface area contributed by atoms with Gasteiger partial charge in [0.2, 0.25) is 10.5 Å². The van der Waals surface area contributed by atoms with Gasteiger partial charge in [-0.3, -0.25) is 0 Å². The largest absolute Gasteiger partial charge is 0.233 e. The minimum Gasteiger partial charge on any atom is -0.199 e. The highest BCUT2D eigenvalue weighted by Crippen LogP contribution is 2.32. The van der Waals surface area contributed by atoms with Gasteiger partial charge in [-0.1, -0.05) is 35.6 Å². The molecule has 0 unspecified atom stereocenters. The third-order valence-electron chi connectivity index (χ3n) is 2.54. The average Bonchev–Trinajstić information content (AvgIpc) is 2.59. The molecule has 1 heterocycles. The lowest BCUT2D eigenvalue weighted by molar-refractivity contribution is -0.347. The van der Waals surface area contributed by atoms with Gasteiger partial charge in [-0.2, -0.15) is 4.98 Å². The summed E-state index contributed by atoms with van der Waals surface area (Å²) in [5.41, 5.74) is 1.18. The summed E-state index contributed by atoms with van der Waals surface area (Å²) in [7, 11) is 0. The molecule has 0 aliphatic rings. The van der Waals surface area contributed by atoms with E-state index in [4.69, 9.17) is 0 Å². The molecule has 0 saturated heterocycles. The van der Waals surface area contributed by atoms with Gasteiger partial charge >= 0.3 is 0 Å². The van der Waals surface area contributed by atoms with Crippen molar-refractivity contribution in [2.75, 3.05) is 0 Å². The second-order valence-corrected chi connectivity index (χ2v) is 5.31. The molecular formula is C12H10NS2+. The van der Waals surface area contributed by atoms with Crippen molar-refractivity contribution in [1.82, 2.24) is 0 Å². The fraction of sp³-hybridized carbons (Fsp3) is 0.0833. The van der Waals surface area contributed by atoms with Crippen LogP contribution in [0.25, 0.3) is 21.0 Å². The summed E-state index contributed by atoms with van der Waals surface area (Å²) in [5.74, 6) is 0. The van der Waals surface area contributed by atoms with Crippen LogP contribution < -0.4 is 4.98 Å². The van der Waals surface area contributed by atoms with E-state index in [1.165, 1.54) is 26.0 Å². The molecule has 0 bridgehead atoms. The smallest absolute Gasteiger partial charge is 0.199 e. The van der Waals surface area contributed by atoms with Crippen LogP contribution in [-0.2, 0) is 0 Å². The van der Waals surface area contributed by atoms with Crippen LogP contribution >= 0.6 is 24.0 Å². The number of aromatic amines is 1. The van der Waals surface area contributed by atoms with Crippen LogP contribution in [0.1, 0.15) is 5.01 Å². The number of benzene rings is 2. The predicted octanol–water partition coefficient (Wildman–Crippen LogP) is 3.47. The van der Waals surface area contributed by atoms with Crippen LogP contribution in [-0.4, -0.2) is 0 Å². The molecule has 3 heteroatoms. The summed E-state index contributed by atoms with van der Waals surface area (Å²) in [6.45, 7) is 2.09. The van der Waals surface area contributed by atoms with E-state index >= 15 is 0 Å². The Bertz CT molecular complexity index is 655. The lowest BCUT2D eigenvalue weighted by Crippen LogP contribution is -1.99. The number of nitrogens with one attached hydrogen (secondary N) is 1. The van der Waals surface area contributed by atoms with E-state index < -0.39 is 0 Å². The van der Waals surface area contributed by atoms with Crippen molar-refractivity contribution < 1.29 is 4.98 Å². The van der Waals surface area contributed by atoms with Gasteiger partial charge in [0.05, 0.1) is 0 Å². The third-order valence-corrected chi connectivity index (χ3v) is 3.96. The van der Waals surface area contributed by atoms with Gasteiger partial charge in [0.1, 0.15) is 4.70 Å². The highest BCUT2D eigenvalue weighted by molar-refractivity contribution is 7.80. The van der Waals surface area contributed by atoms with Gasteiger partial charge in [-0.05, 0) is 5.39 Å². The van der Waals surface area contributed by atoms with Crippen molar-refractivity contribution in [3.63, 3.8) is 0 Å². The first-order valence-corrected chi connectivity index (χ1v) is 6.05. The molecule has 2 aromatic carbocycles. The summed E-state index contributed by atoms with van der Waals surface area (Å²) < 4.78 is 1.32. The van der Waals surface area contributed by atoms with E-state index in [0.717, 1.165) is 4.90 Å². The van der Waals surface area contributed by atoms with Crippen LogP contribution in [0.15, 0.2) is 35.2 Å². The molecule has 3 aromatic rings. The summed E-state index contributed by atoms with van der Waals surface area (Å²) >= 11 is 6.32. The number of thiazole rings is 1. The Morgan fingerprint density at radius 3 is 2.73 bits per heavy atom. The second kappa shape index (κ2) is 3.22. The Labute approximate surface area is 97.2 Å². The lowest BCUT2D eigenvalue weighted by atomic mass is 10.1. The first kappa shape index (κ1) is 9.19. The van der Waals surface area contributed by atoms with Crippen molar-refractivity contribution in [3.8, 4) is 0 Å². The van der Waals surface area contributed by atoms with E-state index in [0.29, 0.717) is 0 Å². The zero-order chi connectivity index (χ0) is 10.4. The Balaban J connectivity index is 2.62. The first-order valence-electron chi connectivity index (χ1n) is 4.79. The summed E-state index contributed by atoms with van der Waals surface area (Å²) in [6.07, 6.45) is 0. The number of hydrogen-bond acceptors (Lipinski definition) is 2. The van der Waals surface area contributed by atoms with Crippen LogP contribution in [0.2, 0.25) is 0 Å². The number of H-pyrrole nitrogens is 1. The average molecular weight is 232 g/mol. The zero-order valence-electron chi connectivity index (χ0n) is 8.24. The molecule has 3 rings (SSSR count). The minimum atomic E-state index is 1.03. The maximum absolute atomic E-state index is 4.52. The molecule has 0 aliphatic heterocycles. The molecule has 1 aromatic heterocycles. The van der Waals surface area contributed by atoms with E-state index in [1.807, 2.05) is 0 Å². The number of hydrogen-bond donors (Lipinski definition) is 1. The highest BCUT2D eigenvalue weighted by atomic mass is 32.1. The Hall–Kier alpha value is -1.06. The van der Waals surface area contributed by atoms with Crippen molar-refractivity contribution in [2.24, 2.45) is 0 Å². The van der Waals surface area contributed by atoms with Gasteiger partial charge in [-0.25, -0.2) is 0 Å². The number of thiol groups is 1. The Morgan fingerprint density at radius 1 is 1.20 bits per heavy atom. The number of aryl methyl sites for hydroxylation is 1. The Morgan fingerprint density at radius 2 is 1.93 bits per heavy atom. The number of rotatable bonds is 0. The molecule has 0 saturated carbocycles. The van der Waals surface area contributed by atoms with Crippen LogP contribution in [0.4, 0.5) is 0 Å². The summed E-state index contributed by atoms with van der Waals surface area (Å²) in [4.78, 5) is 4.40. The summed E-state index contributed by atoms with van der Waals surface area (Å²) in [6, 6.07) is 10.5. The molecule has 0 amide bonds. The van der Waals surface area contributed by atoms with E-state index in [2.05, 4.69) is 54.9 Å². The number of fused-ring (bicyclic) bond motifs is 3. The van der Waals surface area contributed by atoms with E-state index in [-0.39, 0.29) is 0 Å². The fourth-order valence-corrected chi connectivity index (χ4v) is 3.20. The van der Waals surface area contributed by atoms with Crippen molar-refractivity contribution in [3.05, 3.63) is 35.3 Å². The van der Waals surface area contributed by atoms with Crippen molar-refractivity contribution >= 4 is 45.0 Å². The third kappa shape index (κ3) is 1.34. The molecule has 15 heavy (non-hydrogen) atoms. The maximum atomic E-state index is 4.52. The topological polar surface area (TPSA) is 14.1 Å². The molecule has 0 spiro atoms. The molecule has 1 N–H and O–H groups in total. The Kier molecular flexibility index (Phi) is 1.97. The van der Waals surface area contributed by atoms with Gasteiger partial charge in [0, 0.05) is 23.3 Å². The molecular weight excluding hydrogens is 222 g/mol. The van der Waals surface area contributed by atoms with Gasteiger partial charge in [-0.15, -0.1) is 12.6 Å². The molecule has 0 fully saturated rings. The quantitative estimate of drug-likeness (QED) is 0.571. The van der Waals surface area contributed by atoms with Gasteiger partial charge < -0.3 is 0 Å². The normalized spacial score (nSPS) is 11.3. The van der Waals surface area contributed by atoms with Gasteiger partial charge in [0.25, 0.3) is 0 Å². The lowest BCUT2D eigenvalue weighted by Gasteiger charge is -1.99. The van der Waals surface area contributed by atoms with Crippen LogP contribution in [0.3, 0.4) is 0 Å². The molecule has 74 valence electrons.